The van der Waals surface area contributed by atoms with Crippen LogP contribution in [0.3, 0.4) is 0 Å². The maximum Gasteiger partial charge on any atom is -0.0256 e. The summed E-state index contributed by atoms with van der Waals surface area (Å²) in [6.45, 7) is 12.7. The SMILES string of the molecule is C=C(C)C(=CCC)CC(C)C. The Hall–Kier alpha value is -0.520. The van der Waals surface area contributed by atoms with Gasteiger partial charge in [0.05, 0.1) is 0 Å². The molecule has 0 unspecified atom stereocenters. The minimum atomic E-state index is 0.740. The van der Waals surface area contributed by atoms with Gasteiger partial charge in [0, 0.05) is 0 Å². The molecule has 0 fully saturated rings. The van der Waals surface area contributed by atoms with Crippen LogP contribution in [0.2, 0.25) is 0 Å². The smallest absolute Gasteiger partial charge is 0.0256 e. The molecule has 0 atom stereocenters. The Morgan fingerprint density at radius 1 is 1.45 bits per heavy atom. The van der Waals surface area contributed by atoms with E-state index in [0.29, 0.717) is 0 Å². The summed E-state index contributed by atoms with van der Waals surface area (Å²) in [5.74, 6) is 0.740. The van der Waals surface area contributed by atoms with Crippen LogP contribution in [0.1, 0.15) is 40.5 Å². The van der Waals surface area contributed by atoms with E-state index in [9.17, 15) is 0 Å². The second-order valence-electron chi connectivity index (χ2n) is 3.52. The molecule has 0 saturated carbocycles. The highest BCUT2D eigenvalue weighted by atomic mass is 14.1. The molecule has 0 heteroatoms. The molecule has 0 radical (unpaired) electrons. The van der Waals surface area contributed by atoms with Crippen molar-refractivity contribution in [3.63, 3.8) is 0 Å². The van der Waals surface area contributed by atoms with Gasteiger partial charge in [0.2, 0.25) is 0 Å². The van der Waals surface area contributed by atoms with Crippen molar-refractivity contribution in [2.45, 2.75) is 40.5 Å². The highest BCUT2D eigenvalue weighted by Gasteiger charge is 2.00. The Bertz CT molecular complexity index is 149. The van der Waals surface area contributed by atoms with Gasteiger partial charge in [0.25, 0.3) is 0 Å². The summed E-state index contributed by atoms with van der Waals surface area (Å²) >= 11 is 0. The number of allylic oxidation sites excluding steroid dienone is 3. The van der Waals surface area contributed by atoms with Crippen molar-refractivity contribution in [1.29, 1.82) is 0 Å². The number of rotatable bonds is 4. The quantitative estimate of drug-likeness (QED) is 0.535. The first-order valence-electron chi connectivity index (χ1n) is 4.42. The van der Waals surface area contributed by atoms with Gasteiger partial charge in [-0.15, -0.1) is 0 Å². The molecule has 0 bridgehead atoms. The van der Waals surface area contributed by atoms with Gasteiger partial charge in [0.15, 0.2) is 0 Å². The van der Waals surface area contributed by atoms with Crippen molar-refractivity contribution in [1.82, 2.24) is 0 Å². The zero-order valence-corrected chi connectivity index (χ0v) is 8.28. The summed E-state index contributed by atoms with van der Waals surface area (Å²) in [5, 5.41) is 0. The van der Waals surface area contributed by atoms with Gasteiger partial charge >= 0.3 is 0 Å². The minimum absolute atomic E-state index is 0.740. The highest BCUT2D eigenvalue weighted by molar-refractivity contribution is 5.26. The molecule has 0 aromatic heterocycles. The molecule has 0 heterocycles. The molecule has 0 aliphatic heterocycles. The minimum Gasteiger partial charge on any atom is -0.0958 e. The second kappa shape index (κ2) is 5.17. The standard InChI is InChI=1S/C11H20/c1-6-7-11(10(4)5)8-9(2)3/h7,9H,4,6,8H2,1-3,5H3. The summed E-state index contributed by atoms with van der Waals surface area (Å²) in [5.41, 5.74) is 2.66. The van der Waals surface area contributed by atoms with Crippen molar-refractivity contribution < 1.29 is 0 Å². The average molecular weight is 152 g/mol. The molecule has 0 amide bonds. The lowest BCUT2D eigenvalue weighted by molar-refractivity contribution is 0.644. The van der Waals surface area contributed by atoms with E-state index < -0.39 is 0 Å². The van der Waals surface area contributed by atoms with E-state index in [1.165, 1.54) is 17.6 Å². The van der Waals surface area contributed by atoms with Gasteiger partial charge in [-0.05, 0) is 31.3 Å². The predicted octanol–water partition coefficient (Wildman–Crippen LogP) is 3.95. The molecule has 11 heavy (non-hydrogen) atoms. The van der Waals surface area contributed by atoms with E-state index in [0.717, 1.165) is 12.3 Å². The lowest BCUT2D eigenvalue weighted by atomic mass is 9.97. The molecular formula is C11H20. The largest absolute Gasteiger partial charge is 0.0958 e. The van der Waals surface area contributed by atoms with Gasteiger partial charge < -0.3 is 0 Å². The molecule has 0 aromatic rings. The Morgan fingerprint density at radius 2 is 2.00 bits per heavy atom. The van der Waals surface area contributed by atoms with Crippen molar-refractivity contribution in [2.24, 2.45) is 5.92 Å². The second-order valence-corrected chi connectivity index (χ2v) is 3.52. The van der Waals surface area contributed by atoms with Crippen molar-refractivity contribution in [2.75, 3.05) is 0 Å². The Balaban J connectivity index is 4.12. The summed E-state index contributed by atoms with van der Waals surface area (Å²) < 4.78 is 0. The zero-order chi connectivity index (χ0) is 8.85. The van der Waals surface area contributed by atoms with Crippen LogP contribution in [0, 0.1) is 5.92 Å². The monoisotopic (exact) mass is 152 g/mol. The first-order valence-corrected chi connectivity index (χ1v) is 4.42. The third-order valence-electron chi connectivity index (χ3n) is 1.63. The van der Waals surface area contributed by atoms with E-state index in [4.69, 9.17) is 0 Å². The maximum atomic E-state index is 3.96. The van der Waals surface area contributed by atoms with Crippen LogP contribution in [0.15, 0.2) is 23.8 Å². The third-order valence-corrected chi connectivity index (χ3v) is 1.63. The van der Waals surface area contributed by atoms with Gasteiger partial charge in [-0.1, -0.05) is 39.0 Å². The van der Waals surface area contributed by atoms with Crippen LogP contribution in [0.4, 0.5) is 0 Å². The van der Waals surface area contributed by atoms with Crippen molar-refractivity contribution >= 4 is 0 Å². The van der Waals surface area contributed by atoms with E-state index in [1.54, 1.807) is 0 Å². The fourth-order valence-electron chi connectivity index (χ4n) is 1.12. The normalized spacial score (nSPS) is 12.3. The number of hydrogen-bond donors (Lipinski definition) is 0. The Labute approximate surface area is 71.0 Å². The van der Waals surface area contributed by atoms with E-state index in [2.05, 4.69) is 40.3 Å². The van der Waals surface area contributed by atoms with Crippen LogP contribution in [-0.2, 0) is 0 Å². The first kappa shape index (κ1) is 10.5. The molecule has 0 nitrogen and oxygen atoms in total. The van der Waals surface area contributed by atoms with Gasteiger partial charge in [0.1, 0.15) is 0 Å². The summed E-state index contributed by atoms with van der Waals surface area (Å²) in [6, 6.07) is 0. The van der Waals surface area contributed by atoms with E-state index in [1.807, 2.05) is 0 Å². The highest BCUT2D eigenvalue weighted by Crippen LogP contribution is 2.17. The van der Waals surface area contributed by atoms with Crippen molar-refractivity contribution in [3.05, 3.63) is 23.8 Å². The fraction of sp³-hybridized carbons (Fsp3) is 0.636. The zero-order valence-electron chi connectivity index (χ0n) is 8.28. The molecule has 0 N–H and O–H groups in total. The first-order chi connectivity index (χ1) is 5.07. The topological polar surface area (TPSA) is 0 Å². The molecule has 0 spiro atoms. The molecule has 64 valence electrons. The third kappa shape index (κ3) is 4.83. The lowest BCUT2D eigenvalue weighted by Gasteiger charge is -2.09. The summed E-state index contributed by atoms with van der Waals surface area (Å²) in [6.07, 6.45) is 4.57. The van der Waals surface area contributed by atoms with E-state index in [-0.39, 0.29) is 0 Å². The van der Waals surface area contributed by atoms with Gasteiger partial charge in [-0.3, -0.25) is 0 Å². The van der Waals surface area contributed by atoms with E-state index >= 15 is 0 Å². The molecule has 0 saturated heterocycles. The molecule has 0 aliphatic carbocycles. The number of hydrogen-bond acceptors (Lipinski definition) is 0. The molecule has 0 aliphatic rings. The molecule has 0 rings (SSSR count). The molecule has 0 aromatic carbocycles. The average Bonchev–Trinajstić information content (AvgIpc) is 1.86. The van der Waals surface area contributed by atoms with Gasteiger partial charge in [-0.2, -0.15) is 0 Å². The summed E-state index contributed by atoms with van der Waals surface area (Å²) in [7, 11) is 0. The van der Waals surface area contributed by atoms with Crippen LogP contribution < -0.4 is 0 Å². The van der Waals surface area contributed by atoms with Gasteiger partial charge in [-0.25, -0.2) is 0 Å². The molecular weight excluding hydrogens is 132 g/mol. The fourth-order valence-corrected chi connectivity index (χ4v) is 1.12. The van der Waals surface area contributed by atoms with Crippen LogP contribution in [0.25, 0.3) is 0 Å². The van der Waals surface area contributed by atoms with Crippen molar-refractivity contribution in [3.8, 4) is 0 Å². The predicted molar refractivity (Wildman–Crippen MR) is 52.6 cm³/mol. The maximum absolute atomic E-state index is 3.96. The van der Waals surface area contributed by atoms with Crippen LogP contribution in [-0.4, -0.2) is 0 Å². The Morgan fingerprint density at radius 3 is 2.27 bits per heavy atom. The summed E-state index contributed by atoms with van der Waals surface area (Å²) in [4.78, 5) is 0. The Kier molecular flexibility index (Phi) is 4.93. The van der Waals surface area contributed by atoms with Crippen LogP contribution in [0.5, 0.6) is 0 Å². The lowest BCUT2D eigenvalue weighted by Crippen LogP contribution is -1.92. The van der Waals surface area contributed by atoms with Crippen LogP contribution >= 0.6 is 0 Å².